The summed E-state index contributed by atoms with van der Waals surface area (Å²) < 4.78 is 29.0. The first-order valence-corrected chi connectivity index (χ1v) is 14.4. The molecule has 0 saturated heterocycles. The van der Waals surface area contributed by atoms with Gasteiger partial charge in [0.05, 0.1) is 0 Å². The summed E-state index contributed by atoms with van der Waals surface area (Å²) in [6.07, 6.45) is 0.748. The summed E-state index contributed by atoms with van der Waals surface area (Å²) in [6, 6.07) is 0. The van der Waals surface area contributed by atoms with Crippen molar-refractivity contribution in [1.29, 1.82) is 0 Å². The Morgan fingerprint density at radius 2 is 1.45 bits per heavy atom. The van der Waals surface area contributed by atoms with Crippen molar-refractivity contribution in [3.8, 4) is 0 Å². The average Bonchev–Trinajstić information content (AvgIpc) is 2.38. The minimum atomic E-state index is -2.82. The smallest absolute Gasteiger partial charge is 0.433 e. The van der Waals surface area contributed by atoms with Crippen LogP contribution in [0.5, 0.6) is 0 Å². The van der Waals surface area contributed by atoms with Gasteiger partial charge in [0.15, 0.2) is 8.32 Å². The maximum absolute atomic E-state index is 6.25. The summed E-state index contributed by atoms with van der Waals surface area (Å²) in [5.41, 5.74) is 1.69. The van der Waals surface area contributed by atoms with E-state index in [9.17, 15) is 0 Å². The van der Waals surface area contributed by atoms with Gasteiger partial charge in [0, 0.05) is 21.3 Å². The predicted molar refractivity (Wildman–Crippen MR) is 88.2 cm³/mol. The standard InChI is InChI=1S/C12H30O5Si3/c1-10-12(20(13-3,14-4)15-5)16-19(8,9)17-18(6,7)11-2/h11-12H,2,10H2,1,3-9H3. The molecule has 8 heteroatoms. The van der Waals surface area contributed by atoms with Crippen LogP contribution in [0.15, 0.2) is 12.3 Å². The summed E-state index contributed by atoms with van der Waals surface area (Å²) in [4.78, 5) is 0. The molecule has 0 aromatic heterocycles. The van der Waals surface area contributed by atoms with Crippen LogP contribution in [0.2, 0.25) is 26.2 Å². The van der Waals surface area contributed by atoms with E-state index in [0.29, 0.717) is 0 Å². The third-order valence-corrected chi connectivity index (χ3v) is 12.2. The van der Waals surface area contributed by atoms with Gasteiger partial charge in [0.25, 0.3) is 0 Å². The van der Waals surface area contributed by atoms with E-state index in [1.165, 1.54) is 0 Å². The van der Waals surface area contributed by atoms with E-state index in [0.717, 1.165) is 6.42 Å². The highest BCUT2D eigenvalue weighted by molar-refractivity contribution is 6.85. The molecule has 0 fully saturated rings. The van der Waals surface area contributed by atoms with Crippen molar-refractivity contribution in [3.05, 3.63) is 12.3 Å². The Balaban J connectivity index is 5.07. The highest BCUT2D eigenvalue weighted by Crippen LogP contribution is 2.25. The van der Waals surface area contributed by atoms with Crippen molar-refractivity contribution in [1.82, 2.24) is 0 Å². The lowest BCUT2D eigenvalue weighted by molar-refractivity contribution is 0.0559. The van der Waals surface area contributed by atoms with Crippen LogP contribution in [0.3, 0.4) is 0 Å². The fourth-order valence-electron chi connectivity index (χ4n) is 2.09. The normalized spacial score (nSPS) is 15.2. The lowest BCUT2D eigenvalue weighted by Gasteiger charge is -2.38. The van der Waals surface area contributed by atoms with Crippen molar-refractivity contribution in [2.45, 2.75) is 45.3 Å². The maximum atomic E-state index is 6.25. The Morgan fingerprint density at radius 1 is 1.00 bits per heavy atom. The van der Waals surface area contributed by atoms with E-state index in [-0.39, 0.29) is 5.73 Å². The highest BCUT2D eigenvalue weighted by atomic mass is 28.4. The first kappa shape index (κ1) is 20.2. The van der Waals surface area contributed by atoms with Crippen molar-refractivity contribution >= 4 is 25.7 Å². The van der Waals surface area contributed by atoms with Crippen molar-refractivity contribution < 1.29 is 21.8 Å². The summed E-state index contributed by atoms with van der Waals surface area (Å²) in [6.45, 7) is 14.2. The van der Waals surface area contributed by atoms with Crippen LogP contribution in [-0.4, -0.2) is 52.7 Å². The van der Waals surface area contributed by atoms with Crippen LogP contribution < -0.4 is 0 Å². The Labute approximate surface area is 127 Å². The SMILES string of the molecule is C=C[Si](C)(C)O[Si](C)(C)OC(CC)[Si](OC)(OC)OC. The molecule has 5 nitrogen and oxygen atoms in total. The third kappa shape index (κ3) is 5.53. The quantitative estimate of drug-likeness (QED) is 0.573. The van der Waals surface area contributed by atoms with Crippen LogP contribution in [0.25, 0.3) is 0 Å². The molecular weight excluding hydrogens is 308 g/mol. The summed E-state index contributed by atoms with van der Waals surface area (Å²) >= 11 is 0. The molecule has 0 heterocycles. The molecule has 0 aliphatic heterocycles. The largest absolute Gasteiger partial charge is 0.529 e. The molecular formula is C12H30O5Si3. The topological polar surface area (TPSA) is 46.2 Å². The van der Waals surface area contributed by atoms with E-state index in [4.69, 9.17) is 21.8 Å². The molecule has 0 bridgehead atoms. The van der Waals surface area contributed by atoms with E-state index in [1.807, 2.05) is 25.7 Å². The Kier molecular flexibility index (Phi) is 8.07. The summed E-state index contributed by atoms with van der Waals surface area (Å²) in [5.74, 6) is 0. The van der Waals surface area contributed by atoms with Gasteiger partial charge >= 0.3 is 17.4 Å². The van der Waals surface area contributed by atoms with Gasteiger partial charge < -0.3 is 21.8 Å². The van der Waals surface area contributed by atoms with Crippen molar-refractivity contribution in [3.63, 3.8) is 0 Å². The van der Waals surface area contributed by atoms with Gasteiger partial charge in [-0.25, -0.2) is 0 Å². The molecule has 120 valence electrons. The zero-order chi connectivity index (χ0) is 16.0. The van der Waals surface area contributed by atoms with Crippen molar-refractivity contribution in [2.24, 2.45) is 0 Å². The van der Waals surface area contributed by atoms with Crippen molar-refractivity contribution in [2.75, 3.05) is 21.3 Å². The molecule has 0 radical (unpaired) electrons. The molecule has 0 aliphatic carbocycles. The first-order valence-electron chi connectivity index (χ1n) is 6.79. The lowest BCUT2D eigenvalue weighted by atomic mass is 10.5. The summed E-state index contributed by atoms with van der Waals surface area (Å²) in [5, 5.41) is 0. The van der Waals surface area contributed by atoms with Gasteiger partial charge in [0.2, 0.25) is 0 Å². The predicted octanol–water partition coefficient (Wildman–Crippen LogP) is 2.85. The molecule has 20 heavy (non-hydrogen) atoms. The Hall–Kier alpha value is 0.191. The maximum Gasteiger partial charge on any atom is 0.529 e. The average molecular weight is 339 g/mol. The minimum Gasteiger partial charge on any atom is -0.433 e. The Bertz CT molecular complexity index is 297. The van der Waals surface area contributed by atoms with Crippen LogP contribution in [0.1, 0.15) is 13.3 Å². The lowest BCUT2D eigenvalue weighted by Crippen LogP contribution is -2.60. The molecule has 0 rings (SSSR count). The first-order chi connectivity index (χ1) is 9.12. The Morgan fingerprint density at radius 3 is 1.75 bits per heavy atom. The molecule has 0 spiro atoms. The molecule has 0 saturated carbocycles. The molecule has 0 aromatic rings. The number of hydrogen-bond donors (Lipinski definition) is 0. The van der Waals surface area contributed by atoms with Gasteiger partial charge in [-0.3, -0.25) is 0 Å². The van der Waals surface area contributed by atoms with Crippen LogP contribution >= 0.6 is 0 Å². The van der Waals surface area contributed by atoms with E-state index in [1.54, 1.807) is 21.3 Å². The van der Waals surface area contributed by atoms with E-state index < -0.39 is 25.7 Å². The van der Waals surface area contributed by atoms with Gasteiger partial charge in [-0.2, -0.15) is 0 Å². The van der Waals surface area contributed by atoms with Gasteiger partial charge in [-0.05, 0) is 32.6 Å². The molecule has 0 amide bonds. The molecule has 0 N–H and O–H groups in total. The summed E-state index contributed by atoms with van der Waals surface area (Å²) in [7, 11) is -2.22. The zero-order valence-electron chi connectivity index (χ0n) is 14.1. The zero-order valence-corrected chi connectivity index (χ0v) is 17.1. The fourth-order valence-corrected chi connectivity index (χ4v) is 11.8. The number of hydrogen-bond acceptors (Lipinski definition) is 5. The second-order valence-electron chi connectivity index (χ2n) is 5.54. The van der Waals surface area contributed by atoms with Crippen LogP contribution in [0.4, 0.5) is 0 Å². The molecule has 1 atom stereocenters. The van der Waals surface area contributed by atoms with E-state index >= 15 is 0 Å². The molecule has 0 aromatic carbocycles. The molecule has 1 unspecified atom stereocenters. The minimum absolute atomic E-state index is 0.223. The van der Waals surface area contributed by atoms with Crippen LogP contribution in [0, 0.1) is 0 Å². The second kappa shape index (κ2) is 7.99. The number of rotatable bonds is 10. The van der Waals surface area contributed by atoms with Gasteiger partial charge in [-0.1, -0.05) is 12.6 Å². The van der Waals surface area contributed by atoms with Gasteiger partial charge in [-0.15, -0.1) is 6.58 Å². The highest BCUT2D eigenvalue weighted by Gasteiger charge is 2.50. The fraction of sp³-hybridized carbons (Fsp3) is 0.833. The van der Waals surface area contributed by atoms with Gasteiger partial charge in [0.1, 0.15) is 5.73 Å². The molecule has 0 aliphatic rings. The monoisotopic (exact) mass is 338 g/mol. The van der Waals surface area contributed by atoms with Crippen LogP contribution in [-0.2, 0) is 21.8 Å². The second-order valence-corrected chi connectivity index (χ2v) is 16.1. The third-order valence-electron chi connectivity index (χ3n) is 3.05. The van der Waals surface area contributed by atoms with E-state index in [2.05, 4.69) is 19.7 Å².